The van der Waals surface area contributed by atoms with Crippen LogP contribution in [0.2, 0.25) is 0 Å². The van der Waals surface area contributed by atoms with Gasteiger partial charge in [0.05, 0.1) is 103 Å². The Balaban J connectivity index is 0.000000108. The Bertz CT molecular complexity index is 7210. The van der Waals surface area contributed by atoms with Crippen molar-refractivity contribution in [3.63, 3.8) is 0 Å². The summed E-state index contributed by atoms with van der Waals surface area (Å²) in [6, 6.07) is 44.8. The molecule has 712 valence electrons. The van der Waals surface area contributed by atoms with Crippen molar-refractivity contribution in [2.75, 3.05) is 85.3 Å². The molecule has 12 aliphatic heterocycles. The van der Waals surface area contributed by atoms with Gasteiger partial charge in [0.25, 0.3) is 41.4 Å². The lowest BCUT2D eigenvalue weighted by molar-refractivity contribution is -0.150. The SMILES string of the molecule is C=CC(=O)n1cc(-c2ccc3c(c2)N(c2nc4c(s2)C(=O)NC(C)(C)C4)CCO3)cn1.CC1(C)Cc2nc(N3CCOc4ccc(-c5ccc(C(=O)N6C[C@@H]7C[C@H]6C(=O)O7)cc5)cc43)sc2C(=O)N1.CC1(C)Cc2nc(N3CCOc4ccc(-c5ccc(C(=O)N6C[C@H]7C[C@@H]6C(=O)O7)cc5)cc43)sc2C(=O)N1.CC1(C)Cc2nc(N3CCOc4ccc(-c5ccc6occc(=O)c6c5)cc43)sc2C(=O)N1. The van der Waals surface area contributed by atoms with Crippen LogP contribution in [0.5, 0.6) is 23.0 Å². The Hall–Kier alpha value is -15.0. The molecule has 0 unspecified atom stereocenters. The molecular weight excluding hydrogens is 1860 g/mol. The summed E-state index contributed by atoms with van der Waals surface area (Å²) in [4.78, 5) is 158. The number of thiazole rings is 4. The van der Waals surface area contributed by atoms with E-state index < -0.39 is 12.1 Å². The van der Waals surface area contributed by atoms with Crippen LogP contribution >= 0.6 is 45.3 Å². The second-order valence-electron chi connectivity index (χ2n) is 38.8. The number of aromatic nitrogens is 6. The Kier molecular flexibility index (Phi) is 22.5. The number of nitrogens with one attached hydrogen (secondary N) is 4. The van der Waals surface area contributed by atoms with Gasteiger partial charge < -0.3 is 83.5 Å². The maximum Gasteiger partial charge on any atom is 0.329 e. The Morgan fingerprint density at radius 3 is 1.06 bits per heavy atom. The van der Waals surface area contributed by atoms with E-state index in [1.165, 1.54) is 68.4 Å². The van der Waals surface area contributed by atoms with Crippen LogP contribution in [-0.2, 0) is 44.7 Å². The van der Waals surface area contributed by atoms with Gasteiger partial charge in [-0.2, -0.15) is 5.10 Å². The zero-order valence-corrected chi connectivity index (χ0v) is 80.7. The van der Waals surface area contributed by atoms with Gasteiger partial charge in [0.2, 0.25) is 0 Å². The van der Waals surface area contributed by atoms with Crippen LogP contribution in [0.3, 0.4) is 0 Å². The summed E-state index contributed by atoms with van der Waals surface area (Å²) in [6.45, 7) is 25.1. The maximum atomic E-state index is 13.0. The molecule has 25 rings (SSSR count). The molecule has 0 aliphatic carbocycles. The number of esters is 2. The van der Waals surface area contributed by atoms with Crippen molar-refractivity contribution in [2.24, 2.45) is 0 Å². The number of amides is 6. The second-order valence-corrected chi connectivity index (χ2v) is 42.7. The van der Waals surface area contributed by atoms with Gasteiger partial charge in [0, 0.05) is 89.6 Å². The molecule has 0 spiro atoms. The van der Waals surface area contributed by atoms with Crippen LogP contribution < -0.4 is 65.2 Å². The molecule has 0 saturated carbocycles. The lowest BCUT2D eigenvalue weighted by Gasteiger charge is -2.30. The molecular formula is C103H94N16O17S4. The molecule has 6 amide bonds. The molecule has 140 heavy (non-hydrogen) atoms. The fraction of sp³-hybridized carbons (Fsp3) is 0.311. The highest BCUT2D eigenvalue weighted by atomic mass is 32.1. The number of fused-ring (bicyclic) bond motifs is 13. The van der Waals surface area contributed by atoms with E-state index in [1.807, 2.05) is 159 Å². The van der Waals surface area contributed by atoms with Crippen molar-refractivity contribution >= 4 is 153 Å². The van der Waals surface area contributed by atoms with Crippen molar-refractivity contribution < 1.29 is 76.0 Å². The summed E-state index contributed by atoms with van der Waals surface area (Å²) in [5.41, 5.74) is 14.7. The van der Waals surface area contributed by atoms with E-state index >= 15 is 0 Å². The number of carbonyl (C=O) groups is 9. The molecule has 33 nitrogen and oxygen atoms in total. The fourth-order valence-electron chi connectivity index (χ4n) is 19.7. The molecule has 13 aromatic rings. The second kappa shape index (κ2) is 34.9. The highest BCUT2D eigenvalue weighted by Crippen LogP contribution is 2.50. The van der Waals surface area contributed by atoms with Gasteiger partial charge in [-0.15, -0.1) is 0 Å². The first-order valence-electron chi connectivity index (χ1n) is 46.2. The molecule has 4 saturated heterocycles. The van der Waals surface area contributed by atoms with Gasteiger partial charge in [-0.25, -0.2) is 34.2 Å². The minimum absolute atomic E-state index is 0.0674. The van der Waals surface area contributed by atoms with Crippen molar-refractivity contribution in [1.29, 1.82) is 0 Å². The molecule has 4 bridgehead atoms. The summed E-state index contributed by atoms with van der Waals surface area (Å²) in [5.74, 6) is 1.56. The number of rotatable bonds is 11. The van der Waals surface area contributed by atoms with Crippen LogP contribution in [0, 0.1) is 0 Å². The molecule has 12 aliphatic rings. The minimum atomic E-state index is -0.465. The minimum Gasteiger partial charge on any atom is -0.490 e. The molecule has 6 aromatic heterocycles. The third-order valence-corrected chi connectivity index (χ3v) is 30.9. The van der Waals surface area contributed by atoms with E-state index in [0.29, 0.717) is 146 Å². The zero-order chi connectivity index (χ0) is 96.9. The molecule has 4 N–H and O–H groups in total. The largest absolute Gasteiger partial charge is 0.490 e. The number of benzene rings is 7. The molecule has 18 heterocycles. The maximum absolute atomic E-state index is 13.0. The summed E-state index contributed by atoms with van der Waals surface area (Å²) in [6.07, 6.45) is 9.52. The molecule has 4 fully saturated rings. The first kappa shape index (κ1) is 90.2. The fourth-order valence-corrected chi connectivity index (χ4v) is 23.8. The predicted molar refractivity (Wildman–Crippen MR) is 528 cm³/mol. The van der Waals surface area contributed by atoms with Gasteiger partial charge in [0.1, 0.15) is 98.8 Å². The Morgan fingerprint density at radius 1 is 0.407 bits per heavy atom. The quantitative estimate of drug-likeness (QED) is 0.0690. The number of nitrogens with zero attached hydrogens (tertiary/aromatic N) is 12. The summed E-state index contributed by atoms with van der Waals surface area (Å²) in [5, 5.41) is 20.0. The molecule has 37 heteroatoms. The van der Waals surface area contributed by atoms with Crippen LogP contribution in [0.25, 0.3) is 55.5 Å². The molecule has 0 radical (unpaired) electrons. The Labute approximate surface area is 818 Å². The van der Waals surface area contributed by atoms with Crippen molar-refractivity contribution in [1.82, 2.24) is 60.8 Å². The van der Waals surface area contributed by atoms with Crippen LogP contribution in [0.4, 0.5) is 43.3 Å². The topological polar surface area (TPSA) is 376 Å². The lowest BCUT2D eigenvalue weighted by atomic mass is 9.94. The van der Waals surface area contributed by atoms with Crippen molar-refractivity contribution in [3.8, 4) is 67.5 Å². The number of hydrogen-bond donors (Lipinski definition) is 4. The number of likely N-dealkylation sites (tertiary alicyclic amines) is 2. The third kappa shape index (κ3) is 17.1. The van der Waals surface area contributed by atoms with Crippen molar-refractivity contribution in [2.45, 2.75) is 140 Å². The number of carbonyl (C=O) groups excluding carboxylic acids is 9. The number of allylic oxidation sites excluding steroid dienone is 1. The van der Waals surface area contributed by atoms with Gasteiger partial charge >= 0.3 is 11.9 Å². The molecule has 7 aromatic carbocycles. The standard InChI is InChI=1S/2C28H26N4O5S.C25H21N3O4S.C22H21N5O3S/c2*1-28(2)13-19-23(24(33)30-28)38-27(29-19)31-9-10-36-22-8-7-17(11-20(22)31)15-3-5-16(6-4-15)25(34)32-14-18-12-21(32)26(35)37-18;1-25(2)13-17-22(23(30)27-25)33-24(26-17)28-8-10-32-21-6-4-15(12-18(21)28)14-3-5-20-16(11-14)19(29)7-9-31-20;1-4-18(28)27-12-14(11-23-27)13-5-6-17-16(9-13)26(7-8-30-17)21-24-15-10-22(2,3)25-20(29)19(15)31-21/h2*3-8,11,18,21H,9-10,12-14H2,1-2H3,(H,30,33);3-7,9,11-12H,8,10,13H2,1-2H3,(H,27,30);4-6,9,11-12H,1,7-8,10H2,2-3H3,(H,25,29)/t2*18-,21-;;/m10../s1. The number of morpholine rings is 2. The zero-order valence-electron chi connectivity index (χ0n) is 77.4. The number of ether oxygens (including phenoxy) is 6. The molecule has 4 atom stereocenters. The first-order chi connectivity index (χ1) is 67.2. The highest BCUT2D eigenvalue weighted by molar-refractivity contribution is 7.19. The van der Waals surface area contributed by atoms with Crippen LogP contribution in [-0.4, -0.2) is 205 Å². The normalized spacial score (nSPS) is 20.1. The van der Waals surface area contributed by atoms with E-state index in [9.17, 15) is 47.9 Å². The average molecular weight is 1960 g/mol. The summed E-state index contributed by atoms with van der Waals surface area (Å²) in [7, 11) is 0. The lowest BCUT2D eigenvalue weighted by Crippen LogP contribution is -2.48. The van der Waals surface area contributed by atoms with E-state index in [4.69, 9.17) is 52.8 Å². The first-order valence-corrected chi connectivity index (χ1v) is 49.4. The van der Waals surface area contributed by atoms with Gasteiger partial charge in [-0.1, -0.05) is 107 Å². The number of anilines is 8. The monoisotopic (exact) mass is 1950 g/mol. The van der Waals surface area contributed by atoms with Crippen molar-refractivity contribution in [3.05, 3.63) is 241 Å². The van der Waals surface area contributed by atoms with E-state index in [0.717, 1.165) is 134 Å². The third-order valence-electron chi connectivity index (χ3n) is 26.4. The van der Waals surface area contributed by atoms with Gasteiger partial charge in [0.15, 0.2) is 26.0 Å². The van der Waals surface area contributed by atoms with Gasteiger partial charge in [-0.05, 0) is 185 Å². The highest BCUT2D eigenvalue weighted by Gasteiger charge is 2.51. The van der Waals surface area contributed by atoms with Crippen LogP contribution in [0.1, 0.15) is 155 Å². The smallest absolute Gasteiger partial charge is 0.329 e. The Morgan fingerprint density at radius 2 is 0.729 bits per heavy atom. The van der Waals surface area contributed by atoms with Crippen LogP contribution in [0.15, 0.2) is 186 Å². The summed E-state index contributed by atoms with van der Waals surface area (Å²) < 4.78 is 40.7. The van der Waals surface area contributed by atoms with E-state index in [2.05, 4.69) is 64.7 Å². The predicted octanol–water partition coefficient (Wildman–Crippen LogP) is 15.0. The van der Waals surface area contributed by atoms with Gasteiger partial charge in [-0.3, -0.25) is 38.4 Å². The number of hydrogen-bond acceptors (Lipinski definition) is 30. The average Bonchev–Trinajstić information content (AvgIpc) is 1.63. The van der Waals surface area contributed by atoms with E-state index in [-0.39, 0.29) is 93.1 Å². The summed E-state index contributed by atoms with van der Waals surface area (Å²) >= 11 is 5.64. The van der Waals surface area contributed by atoms with E-state index in [1.54, 1.807) is 46.5 Å².